The summed E-state index contributed by atoms with van der Waals surface area (Å²) in [6, 6.07) is 11.7. The van der Waals surface area contributed by atoms with Gasteiger partial charge in [0.25, 0.3) is 0 Å². The smallest absolute Gasteiger partial charge is 0.243 e. The monoisotopic (exact) mass is 373 g/mol. The highest BCUT2D eigenvalue weighted by Gasteiger charge is 2.32. The lowest BCUT2D eigenvalue weighted by atomic mass is 9.99. The van der Waals surface area contributed by atoms with Crippen LogP contribution in [-0.2, 0) is 10.0 Å². The van der Waals surface area contributed by atoms with Crippen molar-refractivity contribution in [1.29, 1.82) is 0 Å². The molecule has 26 heavy (non-hydrogen) atoms. The fourth-order valence-electron chi connectivity index (χ4n) is 3.48. The number of nitrogens with zero attached hydrogens (tertiary/aromatic N) is 2. The molecule has 1 saturated heterocycles. The SMILES string of the molecule is Cc1cc(S(=O)(=O)N2CCCC(c3nc4ccccc4[nH]3)C2)ccc1F. The number of H-pyrrole nitrogens is 1. The molecular weight excluding hydrogens is 353 g/mol. The summed E-state index contributed by atoms with van der Waals surface area (Å²) < 4.78 is 40.9. The topological polar surface area (TPSA) is 66.1 Å². The predicted octanol–water partition coefficient (Wildman–Crippen LogP) is 3.58. The Morgan fingerprint density at radius 2 is 2.04 bits per heavy atom. The molecule has 4 rings (SSSR count). The normalized spacial score (nSPS) is 19.1. The van der Waals surface area contributed by atoms with Crippen molar-refractivity contribution in [1.82, 2.24) is 14.3 Å². The third-order valence-electron chi connectivity index (χ3n) is 4.95. The summed E-state index contributed by atoms with van der Waals surface area (Å²) in [6.45, 7) is 2.41. The lowest BCUT2D eigenvalue weighted by Gasteiger charge is -2.31. The van der Waals surface area contributed by atoms with Crippen LogP contribution in [0, 0.1) is 12.7 Å². The van der Waals surface area contributed by atoms with Gasteiger partial charge < -0.3 is 4.98 Å². The number of sulfonamides is 1. The lowest BCUT2D eigenvalue weighted by Crippen LogP contribution is -2.39. The summed E-state index contributed by atoms with van der Waals surface area (Å²) >= 11 is 0. The molecule has 2 heterocycles. The molecule has 0 saturated carbocycles. The molecule has 0 spiro atoms. The van der Waals surface area contributed by atoms with Gasteiger partial charge in [-0.25, -0.2) is 17.8 Å². The van der Waals surface area contributed by atoms with E-state index in [1.165, 1.54) is 22.5 Å². The van der Waals surface area contributed by atoms with Crippen molar-refractivity contribution < 1.29 is 12.8 Å². The van der Waals surface area contributed by atoms with E-state index in [4.69, 9.17) is 0 Å². The number of piperidine rings is 1. The Morgan fingerprint density at radius 1 is 1.23 bits per heavy atom. The minimum absolute atomic E-state index is 0.0208. The Hall–Kier alpha value is -2.25. The first kappa shape index (κ1) is 17.2. The second-order valence-electron chi connectivity index (χ2n) is 6.75. The number of para-hydroxylation sites is 2. The number of hydrogen-bond donors (Lipinski definition) is 1. The Balaban J connectivity index is 1.62. The number of nitrogens with one attached hydrogen (secondary N) is 1. The second kappa shape index (κ2) is 6.48. The van der Waals surface area contributed by atoms with Crippen LogP contribution in [0.5, 0.6) is 0 Å². The summed E-state index contributed by atoms with van der Waals surface area (Å²) in [7, 11) is -3.65. The van der Waals surface area contributed by atoms with Gasteiger partial charge >= 0.3 is 0 Å². The van der Waals surface area contributed by atoms with E-state index in [-0.39, 0.29) is 10.8 Å². The van der Waals surface area contributed by atoms with Gasteiger partial charge in [-0.2, -0.15) is 4.31 Å². The Bertz CT molecular complexity index is 1030. The van der Waals surface area contributed by atoms with Crippen LogP contribution >= 0.6 is 0 Å². The molecule has 7 heteroatoms. The zero-order valence-electron chi connectivity index (χ0n) is 14.4. The summed E-state index contributed by atoms with van der Waals surface area (Å²) in [5, 5.41) is 0. The second-order valence-corrected chi connectivity index (χ2v) is 8.69. The number of fused-ring (bicyclic) bond motifs is 1. The number of aromatic nitrogens is 2. The van der Waals surface area contributed by atoms with Gasteiger partial charge in [0.05, 0.1) is 15.9 Å². The Labute approximate surface area is 151 Å². The molecule has 1 aliphatic rings. The van der Waals surface area contributed by atoms with Gasteiger partial charge in [-0.3, -0.25) is 0 Å². The van der Waals surface area contributed by atoms with Crippen molar-refractivity contribution in [2.75, 3.05) is 13.1 Å². The minimum atomic E-state index is -3.65. The zero-order chi connectivity index (χ0) is 18.3. The fraction of sp³-hybridized carbons (Fsp3) is 0.316. The van der Waals surface area contributed by atoms with Crippen molar-refractivity contribution in [3.05, 3.63) is 59.7 Å². The molecule has 3 aromatic rings. The third-order valence-corrected chi connectivity index (χ3v) is 6.81. The van der Waals surface area contributed by atoms with Crippen LogP contribution in [0.15, 0.2) is 47.4 Å². The van der Waals surface area contributed by atoms with Crippen LogP contribution in [0.2, 0.25) is 0 Å². The van der Waals surface area contributed by atoms with E-state index in [1.807, 2.05) is 24.3 Å². The molecule has 0 aliphatic carbocycles. The minimum Gasteiger partial charge on any atom is -0.342 e. The number of aromatic amines is 1. The maximum atomic E-state index is 13.5. The first-order chi connectivity index (χ1) is 12.4. The number of halogens is 1. The highest BCUT2D eigenvalue weighted by Crippen LogP contribution is 2.30. The van der Waals surface area contributed by atoms with Crippen molar-refractivity contribution >= 4 is 21.1 Å². The van der Waals surface area contributed by atoms with Gasteiger partial charge in [0.1, 0.15) is 11.6 Å². The molecule has 2 aromatic carbocycles. The number of rotatable bonds is 3. The van der Waals surface area contributed by atoms with Crippen LogP contribution in [-0.4, -0.2) is 35.8 Å². The number of hydrogen-bond acceptors (Lipinski definition) is 3. The van der Waals surface area contributed by atoms with Crippen LogP contribution < -0.4 is 0 Å². The Kier molecular flexibility index (Phi) is 4.28. The van der Waals surface area contributed by atoms with Gasteiger partial charge in [-0.1, -0.05) is 12.1 Å². The van der Waals surface area contributed by atoms with Crippen LogP contribution in [0.3, 0.4) is 0 Å². The first-order valence-electron chi connectivity index (χ1n) is 8.66. The number of benzene rings is 2. The molecule has 136 valence electrons. The van der Waals surface area contributed by atoms with Crippen LogP contribution in [0.1, 0.15) is 30.1 Å². The quantitative estimate of drug-likeness (QED) is 0.763. The largest absolute Gasteiger partial charge is 0.342 e. The number of imidazole rings is 1. The average molecular weight is 373 g/mol. The summed E-state index contributed by atoms with van der Waals surface area (Å²) in [6.07, 6.45) is 1.65. The van der Waals surface area contributed by atoms with Crippen molar-refractivity contribution in [3.8, 4) is 0 Å². The molecular formula is C19H20FN3O2S. The zero-order valence-corrected chi connectivity index (χ0v) is 15.3. The highest BCUT2D eigenvalue weighted by atomic mass is 32.2. The molecule has 0 amide bonds. The van der Waals surface area contributed by atoms with E-state index in [2.05, 4.69) is 9.97 Å². The van der Waals surface area contributed by atoms with Gasteiger partial charge in [-0.05, 0) is 55.7 Å². The molecule has 1 atom stereocenters. The van der Waals surface area contributed by atoms with Gasteiger partial charge in [-0.15, -0.1) is 0 Å². The summed E-state index contributed by atoms with van der Waals surface area (Å²) in [4.78, 5) is 8.08. The van der Waals surface area contributed by atoms with Gasteiger partial charge in [0, 0.05) is 19.0 Å². The molecule has 1 unspecified atom stereocenters. The van der Waals surface area contributed by atoms with Crippen molar-refractivity contribution in [3.63, 3.8) is 0 Å². The first-order valence-corrected chi connectivity index (χ1v) is 10.1. The highest BCUT2D eigenvalue weighted by molar-refractivity contribution is 7.89. The lowest BCUT2D eigenvalue weighted by molar-refractivity contribution is 0.310. The fourth-order valence-corrected chi connectivity index (χ4v) is 5.09. The molecule has 1 aromatic heterocycles. The van der Waals surface area contributed by atoms with E-state index >= 15 is 0 Å². The predicted molar refractivity (Wildman–Crippen MR) is 98.0 cm³/mol. The van der Waals surface area contributed by atoms with E-state index in [0.29, 0.717) is 18.7 Å². The maximum absolute atomic E-state index is 13.5. The molecule has 0 radical (unpaired) electrons. The molecule has 5 nitrogen and oxygen atoms in total. The van der Waals surface area contributed by atoms with Crippen molar-refractivity contribution in [2.45, 2.75) is 30.6 Å². The molecule has 1 N–H and O–H groups in total. The average Bonchev–Trinajstić information content (AvgIpc) is 3.08. The van der Waals surface area contributed by atoms with E-state index in [9.17, 15) is 12.8 Å². The van der Waals surface area contributed by atoms with Crippen molar-refractivity contribution in [2.24, 2.45) is 0 Å². The van der Waals surface area contributed by atoms with Crippen LogP contribution in [0.25, 0.3) is 11.0 Å². The van der Waals surface area contributed by atoms with Crippen LogP contribution in [0.4, 0.5) is 4.39 Å². The Morgan fingerprint density at radius 3 is 2.81 bits per heavy atom. The van der Waals surface area contributed by atoms with E-state index < -0.39 is 15.8 Å². The molecule has 1 aliphatic heterocycles. The van der Waals surface area contributed by atoms with Gasteiger partial charge in [0.2, 0.25) is 10.0 Å². The van der Waals surface area contributed by atoms with Gasteiger partial charge in [0.15, 0.2) is 0 Å². The number of aryl methyl sites for hydroxylation is 1. The summed E-state index contributed by atoms with van der Waals surface area (Å²) in [5.74, 6) is 0.441. The standard InChI is InChI=1S/C19H20FN3O2S/c1-13-11-15(8-9-16(13)20)26(24,25)23-10-4-5-14(12-23)19-21-17-6-2-3-7-18(17)22-19/h2-3,6-9,11,14H,4-5,10,12H2,1H3,(H,21,22). The third kappa shape index (κ3) is 3.01. The van der Waals surface area contributed by atoms with E-state index in [1.54, 1.807) is 6.92 Å². The maximum Gasteiger partial charge on any atom is 0.243 e. The summed E-state index contributed by atoms with van der Waals surface area (Å²) in [5.41, 5.74) is 2.17. The molecule has 0 bridgehead atoms. The van der Waals surface area contributed by atoms with E-state index in [0.717, 1.165) is 29.7 Å². The molecule has 1 fully saturated rings.